The Kier molecular flexibility index (Phi) is 6.85. The van der Waals surface area contributed by atoms with Gasteiger partial charge in [0.25, 0.3) is 0 Å². The van der Waals surface area contributed by atoms with E-state index < -0.39 is 0 Å². The summed E-state index contributed by atoms with van der Waals surface area (Å²) >= 11 is 0. The zero-order chi connectivity index (χ0) is 16.8. The normalized spacial score (nSPS) is 26.0. The first kappa shape index (κ1) is 18.1. The summed E-state index contributed by atoms with van der Waals surface area (Å²) in [4.78, 5) is 21.4. The molecule has 7 heteroatoms. The molecule has 0 N–H and O–H groups in total. The smallest absolute Gasteiger partial charge is 0.248 e. The van der Waals surface area contributed by atoms with Gasteiger partial charge >= 0.3 is 0 Å². The van der Waals surface area contributed by atoms with E-state index in [0.29, 0.717) is 12.8 Å². The number of morpholine rings is 1. The molecule has 1 amide bonds. The number of hydrogen-bond acceptors (Lipinski definition) is 6. The van der Waals surface area contributed by atoms with Gasteiger partial charge in [0.15, 0.2) is 0 Å². The number of ether oxygens (including phenoxy) is 2. The lowest BCUT2D eigenvalue weighted by molar-refractivity contribution is -0.141. The molecule has 3 saturated heterocycles. The molecule has 3 aliphatic rings. The Bertz CT molecular complexity index is 387. The number of likely N-dealkylation sites (tertiary alicyclic amines) is 1. The van der Waals surface area contributed by atoms with Crippen molar-refractivity contribution >= 4 is 5.91 Å². The molecule has 0 aromatic carbocycles. The molecule has 3 heterocycles. The molecule has 3 fully saturated rings. The summed E-state index contributed by atoms with van der Waals surface area (Å²) in [6.45, 7) is 10.1. The number of carbonyl (C=O) groups is 1. The summed E-state index contributed by atoms with van der Waals surface area (Å²) in [7, 11) is 2.20. The molecular weight excluding hydrogens is 308 g/mol. The third-order valence-electron chi connectivity index (χ3n) is 5.47. The SMILES string of the molecule is CN1CCC(N2CCN(C(=O)COCN3CCOCC3)CC2)CC1. The van der Waals surface area contributed by atoms with Crippen LogP contribution in [-0.2, 0) is 14.3 Å². The van der Waals surface area contributed by atoms with E-state index in [-0.39, 0.29) is 12.5 Å². The molecule has 0 bridgehead atoms. The highest BCUT2D eigenvalue weighted by atomic mass is 16.5. The molecule has 0 aromatic heterocycles. The lowest BCUT2D eigenvalue weighted by Crippen LogP contribution is -2.54. The molecule has 0 aromatic rings. The Morgan fingerprint density at radius 2 is 1.67 bits per heavy atom. The van der Waals surface area contributed by atoms with Gasteiger partial charge in [-0.2, -0.15) is 0 Å². The van der Waals surface area contributed by atoms with E-state index in [0.717, 1.165) is 52.5 Å². The van der Waals surface area contributed by atoms with Gasteiger partial charge in [0.2, 0.25) is 5.91 Å². The van der Waals surface area contributed by atoms with Gasteiger partial charge < -0.3 is 19.3 Å². The van der Waals surface area contributed by atoms with Crippen LogP contribution in [0, 0.1) is 0 Å². The number of carbonyl (C=O) groups excluding carboxylic acids is 1. The first-order valence-corrected chi connectivity index (χ1v) is 9.30. The van der Waals surface area contributed by atoms with Gasteiger partial charge in [-0.3, -0.25) is 14.6 Å². The quantitative estimate of drug-likeness (QED) is 0.675. The predicted octanol–water partition coefficient (Wildman–Crippen LogP) is -0.469. The van der Waals surface area contributed by atoms with E-state index >= 15 is 0 Å². The Hall–Kier alpha value is -0.730. The van der Waals surface area contributed by atoms with Crippen LogP contribution >= 0.6 is 0 Å². The minimum absolute atomic E-state index is 0.131. The fourth-order valence-electron chi connectivity index (χ4n) is 3.78. The van der Waals surface area contributed by atoms with Gasteiger partial charge in [-0.1, -0.05) is 0 Å². The van der Waals surface area contributed by atoms with E-state index in [4.69, 9.17) is 9.47 Å². The standard InChI is InChI=1S/C17H32N4O3/c1-18-4-2-16(3-5-18)20-6-8-21(9-7-20)17(22)14-24-15-19-10-12-23-13-11-19/h16H,2-15H2,1H3. The highest BCUT2D eigenvalue weighted by molar-refractivity contribution is 5.77. The van der Waals surface area contributed by atoms with Crippen molar-refractivity contribution in [3.8, 4) is 0 Å². The van der Waals surface area contributed by atoms with Gasteiger partial charge in [-0.05, 0) is 33.0 Å². The number of hydrogen-bond donors (Lipinski definition) is 0. The number of rotatable bonds is 5. The van der Waals surface area contributed by atoms with Gasteiger partial charge in [-0.15, -0.1) is 0 Å². The Labute approximate surface area is 145 Å². The second kappa shape index (κ2) is 9.10. The molecule has 0 spiro atoms. The Morgan fingerprint density at radius 3 is 2.33 bits per heavy atom. The average Bonchev–Trinajstić information content (AvgIpc) is 2.63. The van der Waals surface area contributed by atoms with Crippen molar-refractivity contribution in [3.63, 3.8) is 0 Å². The molecule has 0 aliphatic carbocycles. The summed E-state index contributed by atoms with van der Waals surface area (Å²) in [5.41, 5.74) is 0. The second-order valence-corrected chi connectivity index (χ2v) is 7.16. The van der Waals surface area contributed by atoms with Gasteiger partial charge in [0, 0.05) is 45.3 Å². The Morgan fingerprint density at radius 1 is 1.00 bits per heavy atom. The maximum absolute atomic E-state index is 12.3. The fourth-order valence-corrected chi connectivity index (χ4v) is 3.78. The monoisotopic (exact) mass is 340 g/mol. The van der Waals surface area contributed by atoms with Crippen molar-refractivity contribution in [3.05, 3.63) is 0 Å². The lowest BCUT2D eigenvalue weighted by Gasteiger charge is -2.42. The van der Waals surface area contributed by atoms with Crippen LogP contribution in [0.2, 0.25) is 0 Å². The van der Waals surface area contributed by atoms with E-state index in [1.807, 2.05) is 4.90 Å². The molecule has 0 saturated carbocycles. The maximum atomic E-state index is 12.3. The third-order valence-corrected chi connectivity index (χ3v) is 5.47. The van der Waals surface area contributed by atoms with E-state index in [2.05, 4.69) is 21.7 Å². The summed E-state index contributed by atoms with van der Waals surface area (Å²) in [5.74, 6) is 0.131. The number of nitrogens with zero attached hydrogens (tertiary/aromatic N) is 4. The van der Waals surface area contributed by atoms with Crippen molar-refractivity contribution in [1.29, 1.82) is 0 Å². The topological polar surface area (TPSA) is 48.5 Å². The molecule has 3 aliphatic heterocycles. The largest absolute Gasteiger partial charge is 0.379 e. The summed E-state index contributed by atoms with van der Waals surface area (Å²) in [5, 5.41) is 0. The molecule has 3 rings (SSSR count). The van der Waals surface area contributed by atoms with Crippen LogP contribution < -0.4 is 0 Å². The molecule has 138 valence electrons. The van der Waals surface area contributed by atoms with Crippen LogP contribution in [0.1, 0.15) is 12.8 Å². The molecule has 0 radical (unpaired) electrons. The van der Waals surface area contributed by atoms with Gasteiger partial charge in [0.1, 0.15) is 6.61 Å². The van der Waals surface area contributed by atoms with Crippen LogP contribution in [0.25, 0.3) is 0 Å². The Balaban J connectivity index is 1.31. The number of piperidine rings is 1. The highest BCUT2D eigenvalue weighted by Gasteiger charge is 2.28. The van der Waals surface area contributed by atoms with Crippen LogP contribution in [0.5, 0.6) is 0 Å². The van der Waals surface area contributed by atoms with Gasteiger partial charge in [0.05, 0.1) is 19.9 Å². The van der Waals surface area contributed by atoms with Crippen LogP contribution in [0.3, 0.4) is 0 Å². The maximum Gasteiger partial charge on any atom is 0.248 e. The molecular formula is C17H32N4O3. The first-order chi connectivity index (χ1) is 11.7. The van der Waals surface area contributed by atoms with Crippen molar-refractivity contribution < 1.29 is 14.3 Å². The van der Waals surface area contributed by atoms with Gasteiger partial charge in [-0.25, -0.2) is 0 Å². The van der Waals surface area contributed by atoms with Crippen LogP contribution in [0.15, 0.2) is 0 Å². The van der Waals surface area contributed by atoms with Crippen molar-refractivity contribution in [2.24, 2.45) is 0 Å². The predicted molar refractivity (Wildman–Crippen MR) is 91.9 cm³/mol. The number of amides is 1. The molecule has 0 unspecified atom stereocenters. The first-order valence-electron chi connectivity index (χ1n) is 9.30. The third kappa shape index (κ3) is 5.13. The van der Waals surface area contributed by atoms with Crippen LogP contribution in [-0.4, -0.2) is 118 Å². The molecule has 24 heavy (non-hydrogen) atoms. The zero-order valence-electron chi connectivity index (χ0n) is 15.0. The van der Waals surface area contributed by atoms with E-state index in [1.165, 1.54) is 25.9 Å². The lowest BCUT2D eigenvalue weighted by atomic mass is 10.0. The average molecular weight is 340 g/mol. The fraction of sp³-hybridized carbons (Fsp3) is 0.941. The highest BCUT2D eigenvalue weighted by Crippen LogP contribution is 2.17. The summed E-state index contributed by atoms with van der Waals surface area (Å²) in [6.07, 6.45) is 2.51. The zero-order valence-corrected chi connectivity index (χ0v) is 15.0. The van der Waals surface area contributed by atoms with Crippen molar-refractivity contribution in [2.45, 2.75) is 18.9 Å². The van der Waals surface area contributed by atoms with Crippen molar-refractivity contribution in [2.75, 3.05) is 86.0 Å². The van der Waals surface area contributed by atoms with Crippen molar-refractivity contribution in [1.82, 2.24) is 19.6 Å². The minimum atomic E-state index is 0.131. The van der Waals surface area contributed by atoms with Crippen LogP contribution in [0.4, 0.5) is 0 Å². The molecule has 7 nitrogen and oxygen atoms in total. The summed E-state index contributed by atoms with van der Waals surface area (Å²) < 4.78 is 10.9. The summed E-state index contributed by atoms with van der Waals surface area (Å²) in [6, 6.07) is 0.705. The van der Waals surface area contributed by atoms with E-state index in [1.54, 1.807) is 0 Å². The minimum Gasteiger partial charge on any atom is -0.379 e. The second-order valence-electron chi connectivity index (χ2n) is 7.16. The molecule has 0 atom stereocenters. The van der Waals surface area contributed by atoms with E-state index in [9.17, 15) is 4.79 Å². The number of piperazine rings is 1.